The number of ether oxygens (including phenoxy) is 1. The quantitative estimate of drug-likeness (QED) is 0.832. The van der Waals surface area contributed by atoms with Gasteiger partial charge in [-0.1, -0.05) is 0 Å². The molecule has 21 heavy (non-hydrogen) atoms. The number of carbonyl (C=O) groups excluding carboxylic acids is 1. The van der Waals surface area contributed by atoms with Crippen molar-refractivity contribution in [1.82, 2.24) is 24.8 Å². The van der Waals surface area contributed by atoms with Crippen molar-refractivity contribution in [2.75, 3.05) is 13.1 Å². The van der Waals surface area contributed by atoms with Crippen LogP contribution >= 0.6 is 0 Å². The minimum Gasteiger partial charge on any atom is -0.471 e. The molecule has 1 saturated heterocycles. The van der Waals surface area contributed by atoms with Crippen molar-refractivity contribution in [2.45, 2.75) is 19.4 Å². The van der Waals surface area contributed by atoms with Gasteiger partial charge in [-0.2, -0.15) is 0 Å². The van der Waals surface area contributed by atoms with Gasteiger partial charge in [0.05, 0.1) is 24.6 Å². The molecule has 0 spiro atoms. The first-order valence-corrected chi connectivity index (χ1v) is 6.73. The van der Waals surface area contributed by atoms with Crippen LogP contribution in [0.4, 0.5) is 0 Å². The standard InChI is InChI=1S/C14H15N5O2/c1-10-6-18-12(7-17-10)14(20)19-5-2-11(9-19)21-13-8-15-3-4-16-13/h3-4,6-8,11H,2,5,9H2,1H3/t11-/m1/s1. The summed E-state index contributed by atoms with van der Waals surface area (Å²) in [7, 11) is 0. The molecule has 1 atom stereocenters. The van der Waals surface area contributed by atoms with E-state index in [1.54, 1.807) is 29.7 Å². The number of hydrogen-bond acceptors (Lipinski definition) is 6. The normalized spacial score (nSPS) is 17.8. The molecule has 0 saturated carbocycles. The van der Waals surface area contributed by atoms with Crippen molar-refractivity contribution >= 4 is 5.91 Å². The predicted octanol–water partition coefficient (Wildman–Crippen LogP) is 0.869. The van der Waals surface area contributed by atoms with Crippen LogP contribution in [0, 0.1) is 6.92 Å². The van der Waals surface area contributed by atoms with Crippen molar-refractivity contribution in [3.63, 3.8) is 0 Å². The number of rotatable bonds is 3. The van der Waals surface area contributed by atoms with E-state index in [2.05, 4.69) is 19.9 Å². The second kappa shape index (κ2) is 5.82. The molecule has 1 aliphatic heterocycles. The van der Waals surface area contributed by atoms with Gasteiger partial charge in [0.1, 0.15) is 11.8 Å². The third kappa shape index (κ3) is 3.13. The lowest BCUT2D eigenvalue weighted by atomic mass is 10.3. The summed E-state index contributed by atoms with van der Waals surface area (Å²) in [5, 5.41) is 0. The van der Waals surface area contributed by atoms with Gasteiger partial charge in [0.15, 0.2) is 0 Å². The van der Waals surface area contributed by atoms with Gasteiger partial charge in [-0.05, 0) is 6.92 Å². The minimum atomic E-state index is -0.118. The van der Waals surface area contributed by atoms with Gasteiger partial charge in [0.2, 0.25) is 5.88 Å². The molecule has 3 rings (SSSR count). The zero-order valence-corrected chi connectivity index (χ0v) is 11.6. The summed E-state index contributed by atoms with van der Waals surface area (Å²) >= 11 is 0. The maximum Gasteiger partial charge on any atom is 0.274 e. The van der Waals surface area contributed by atoms with E-state index in [0.29, 0.717) is 24.7 Å². The Balaban J connectivity index is 1.61. The van der Waals surface area contributed by atoms with Gasteiger partial charge in [-0.15, -0.1) is 0 Å². The van der Waals surface area contributed by atoms with Gasteiger partial charge < -0.3 is 9.64 Å². The lowest BCUT2D eigenvalue weighted by Gasteiger charge is -2.16. The first kappa shape index (κ1) is 13.4. The van der Waals surface area contributed by atoms with Crippen LogP contribution in [0.1, 0.15) is 22.6 Å². The highest BCUT2D eigenvalue weighted by Crippen LogP contribution is 2.17. The largest absolute Gasteiger partial charge is 0.471 e. The van der Waals surface area contributed by atoms with Crippen molar-refractivity contribution in [1.29, 1.82) is 0 Å². The Hall–Kier alpha value is -2.57. The van der Waals surface area contributed by atoms with Crippen LogP contribution in [0.25, 0.3) is 0 Å². The van der Waals surface area contributed by atoms with E-state index in [0.717, 1.165) is 12.1 Å². The molecule has 2 aromatic rings. The van der Waals surface area contributed by atoms with Crippen LogP contribution in [0.2, 0.25) is 0 Å². The summed E-state index contributed by atoms with van der Waals surface area (Å²) in [6.07, 6.45) is 8.54. The molecule has 108 valence electrons. The molecule has 0 radical (unpaired) electrons. The second-order valence-electron chi connectivity index (χ2n) is 4.87. The molecule has 1 aliphatic rings. The zero-order valence-electron chi connectivity index (χ0n) is 11.6. The Kier molecular flexibility index (Phi) is 3.72. The number of nitrogens with zero attached hydrogens (tertiary/aromatic N) is 5. The highest BCUT2D eigenvalue weighted by atomic mass is 16.5. The van der Waals surface area contributed by atoms with Crippen LogP contribution in [0.3, 0.4) is 0 Å². The molecule has 7 nitrogen and oxygen atoms in total. The summed E-state index contributed by atoms with van der Waals surface area (Å²) < 4.78 is 5.71. The molecular formula is C14H15N5O2. The molecule has 0 unspecified atom stereocenters. The number of aryl methyl sites for hydroxylation is 1. The number of hydrogen-bond donors (Lipinski definition) is 0. The van der Waals surface area contributed by atoms with Crippen LogP contribution < -0.4 is 4.74 Å². The molecule has 0 aromatic carbocycles. The van der Waals surface area contributed by atoms with Gasteiger partial charge in [0.25, 0.3) is 5.91 Å². The predicted molar refractivity (Wildman–Crippen MR) is 73.7 cm³/mol. The van der Waals surface area contributed by atoms with E-state index < -0.39 is 0 Å². The fourth-order valence-corrected chi connectivity index (χ4v) is 2.19. The Morgan fingerprint density at radius 3 is 2.86 bits per heavy atom. The molecule has 1 amide bonds. The van der Waals surface area contributed by atoms with E-state index >= 15 is 0 Å². The summed E-state index contributed by atoms with van der Waals surface area (Å²) in [6.45, 7) is 2.99. The summed E-state index contributed by atoms with van der Waals surface area (Å²) in [6, 6.07) is 0. The van der Waals surface area contributed by atoms with Crippen molar-refractivity contribution < 1.29 is 9.53 Å². The topological polar surface area (TPSA) is 81.1 Å². The van der Waals surface area contributed by atoms with E-state index in [1.807, 2.05) is 6.92 Å². The Morgan fingerprint density at radius 1 is 1.24 bits per heavy atom. The third-order valence-corrected chi connectivity index (χ3v) is 3.26. The van der Waals surface area contributed by atoms with Crippen LogP contribution in [0.5, 0.6) is 5.88 Å². The number of carbonyl (C=O) groups is 1. The van der Waals surface area contributed by atoms with Gasteiger partial charge in [0, 0.05) is 31.6 Å². The molecule has 0 aliphatic carbocycles. The maximum atomic E-state index is 12.3. The van der Waals surface area contributed by atoms with Crippen molar-refractivity contribution in [3.05, 3.63) is 42.4 Å². The molecule has 2 aromatic heterocycles. The smallest absolute Gasteiger partial charge is 0.274 e. The number of likely N-dealkylation sites (tertiary alicyclic amines) is 1. The summed E-state index contributed by atoms with van der Waals surface area (Å²) in [5.74, 6) is 0.361. The summed E-state index contributed by atoms with van der Waals surface area (Å²) in [5.41, 5.74) is 1.15. The van der Waals surface area contributed by atoms with E-state index in [1.165, 1.54) is 6.20 Å². The van der Waals surface area contributed by atoms with E-state index in [4.69, 9.17) is 4.74 Å². The van der Waals surface area contributed by atoms with Crippen molar-refractivity contribution in [2.24, 2.45) is 0 Å². The molecular weight excluding hydrogens is 270 g/mol. The van der Waals surface area contributed by atoms with Gasteiger partial charge >= 0.3 is 0 Å². The minimum absolute atomic E-state index is 0.0657. The highest BCUT2D eigenvalue weighted by Gasteiger charge is 2.29. The zero-order chi connectivity index (χ0) is 14.7. The Labute approximate surface area is 122 Å². The fraction of sp³-hybridized carbons (Fsp3) is 0.357. The third-order valence-electron chi connectivity index (χ3n) is 3.26. The Bertz CT molecular complexity index is 617. The maximum absolute atomic E-state index is 12.3. The first-order chi connectivity index (χ1) is 10.2. The van der Waals surface area contributed by atoms with Crippen LogP contribution in [-0.2, 0) is 0 Å². The summed E-state index contributed by atoms with van der Waals surface area (Å²) in [4.78, 5) is 30.3. The molecule has 7 heteroatoms. The van der Waals surface area contributed by atoms with E-state index in [-0.39, 0.29) is 12.0 Å². The molecule has 1 fully saturated rings. The Morgan fingerprint density at radius 2 is 2.14 bits per heavy atom. The SMILES string of the molecule is Cc1cnc(C(=O)N2CC[C@@H](Oc3cnccn3)C2)cn1. The lowest BCUT2D eigenvalue weighted by molar-refractivity contribution is 0.0765. The van der Waals surface area contributed by atoms with Gasteiger partial charge in [-0.25, -0.2) is 9.97 Å². The van der Waals surface area contributed by atoms with Crippen LogP contribution in [-0.4, -0.2) is 49.9 Å². The molecule has 0 bridgehead atoms. The monoisotopic (exact) mass is 285 g/mol. The highest BCUT2D eigenvalue weighted by molar-refractivity contribution is 5.92. The number of aromatic nitrogens is 4. The fourth-order valence-electron chi connectivity index (χ4n) is 2.19. The average molecular weight is 285 g/mol. The molecule has 0 N–H and O–H groups in total. The molecule has 3 heterocycles. The lowest BCUT2D eigenvalue weighted by Crippen LogP contribution is -2.31. The van der Waals surface area contributed by atoms with Crippen molar-refractivity contribution in [3.8, 4) is 5.88 Å². The van der Waals surface area contributed by atoms with Gasteiger partial charge in [-0.3, -0.25) is 14.8 Å². The average Bonchev–Trinajstić information content (AvgIpc) is 2.97. The number of amides is 1. The van der Waals surface area contributed by atoms with E-state index in [9.17, 15) is 4.79 Å². The van der Waals surface area contributed by atoms with Crippen LogP contribution in [0.15, 0.2) is 31.0 Å². The first-order valence-electron chi connectivity index (χ1n) is 6.73. The second-order valence-corrected chi connectivity index (χ2v) is 4.87.